The molecule has 1 aliphatic heterocycles. The third-order valence-corrected chi connectivity index (χ3v) is 3.07. The molecule has 3 rings (SSSR count). The molecule has 18 heavy (non-hydrogen) atoms. The average molecular weight is 241 g/mol. The lowest BCUT2D eigenvalue weighted by molar-refractivity contribution is -0.0310. The van der Waals surface area contributed by atoms with Crippen LogP contribution in [0.15, 0.2) is 47.4 Å². The lowest BCUT2D eigenvalue weighted by atomic mass is 10.1. The Morgan fingerprint density at radius 3 is 2.06 bits per heavy atom. The van der Waals surface area contributed by atoms with E-state index in [9.17, 15) is 9.59 Å². The summed E-state index contributed by atoms with van der Waals surface area (Å²) >= 11 is 0. The molecular formula is C14H11NO3. The molecule has 0 bridgehead atoms. The van der Waals surface area contributed by atoms with E-state index in [0.717, 1.165) is 5.57 Å². The Bertz CT molecular complexity index is 603. The van der Waals surface area contributed by atoms with Crippen molar-refractivity contribution in [3.05, 3.63) is 58.5 Å². The lowest BCUT2D eigenvalue weighted by Gasteiger charge is -2.09. The summed E-state index contributed by atoms with van der Waals surface area (Å²) in [7, 11) is 1.72. The number of benzene rings is 1. The third kappa shape index (κ3) is 1.32. The van der Waals surface area contributed by atoms with Gasteiger partial charge in [-0.15, -0.1) is 0 Å². The van der Waals surface area contributed by atoms with Crippen LogP contribution in [0.5, 0.6) is 0 Å². The van der Waals surface area contributed by atoms with Crippen molar-refractivity contribution in [3.8, 4) is 0 Å². The average Bonchev–Trinajstić information content (AvgIpc) is 2.79. The fourth-order valence-corrected chi connectivity index (χ4v) is 2.27. The Hall–Kier alpha value is -2.36. The normalized spacial score (nSPS) is 18.1. The van der Waals surface area contributed by atoms with Crippen molar-refractivity contribution in [1.29, 1.82) is 0 Å². The largest absolute Gasteiger partial charge is 0.379 e. The second-order valence-corrected chi connectivity index (χ2v) is 4.36. The number of hydrogen-bond acceptors (Lipinski definition) is 4. The molecule has 0 fully saturated rings. The van der Waals surface area contributed by atoms with Gasteiger partial charge >= 0.3 is 0 Å². The van der Waals surface area contributed by atoms with Gasteiger partial charge in [0.1, 0.15) is 5.57 Å². The van der Waals surface area contributed by atoms with E-state index in [1.165, 1.54) is 5.06 Å². The summed E-state index contributed by atoms with van der Waals surface area (Å²) < 4.78 is 0. The van der Waals surface area contributed by atoms with Crippen LogP contribution in [0.1, 0.15) is 27.6 Å². The molecule has 1 aliphatic carbocycles. The molecule has 1 heterocycles. The topological polar surface area (TPSA) is 46.6 Å². The van der Waals surface area contributed by atoms with Gasteiger partial charge in [-0.1, -0.05) is 24.3 Å². The Morgan fingerprint density at radius 2 is 1.61 bits per heavy atom. The van der Waals surface area contributed by atoms with Crippen LogP contribution in [-0.4, -0.2) is 23.7 Å². The number of allylic oxidation sites excluding steroid dienone is 2. The number of nitrogens with zero attached hydrogens (tertiary/aromatic N) is 1. The monoisotopic (exact) mass is 241 g/mol. The van der Waals surface area contributed by atoms with Crippen molar-refractivity contribution in [1.82, 2.24) is 5.06 Å². The molecular weight excluding hydrogens is 230 g/mol. The smallest absolute Gasteiger partial charge is 0.201 e. The van der Waals surface area contributed by atoms with Crippen molar-refractivity contribution in [2.45, 2.75) is 6.92 Å². The summed E-state index contributed by atoms with van der Waals surface area (Å²) in [6, 6.07) is 6.84. The van der Waals surface area contributed by atoms with Crippen LogP contribution < -0.4 is 0 Å². The van der Waals surface area contributed by atoms with Crippen LogP contribution in [0.2, 0.25) is 0 Å². The van der Waals surface area contributed by atoms with E-state index in [1.807, 2.05) is 6.92 Å². The van der Waals surface area contributed by atoms with Gasteiger partial charge in [0, 0.05) is 29.9 Å². The number of hydrogen-bond donors (Lipinski definition) is 0. The van der Waals surface area contributed by atoms with Crippen LogP contribution >= 0.6 is 0 Å². The van der Waals surface area contributed by atoms with E-state index in [2.05, 4.69) is 0 Å². The number of rotatable bonds is 0. The highest BCUT2D eigenvalue weighted by atomic mass is 16.7. The van der Waals surface area contributed by atoms with Crippen LogP contribution in [-0.2, 0) is 4.84 Å². The molecule has 0 unspecified atom stereocenters. The minimum absolute atomic E-state index is 0.134. The number of hydroxylamine groups is 2. The number of carbonyl (C=O) groups excluding carboxylic acids is 2. The van der Waals surface area contributed by atoms with Crippen molar-refractivity contribution >= 4 is 11.6 Å². The predicted octanol–water partition coefficient (Wildman–Crippen LogP) is 2.10. The summed E-state index contributed by atoms with van der Waals surface area (Å²) in [5.41, 5.74) is 1.82. The van der Waals surface area contributed by atoms with E-state index in [1.54, 1.807) is 37.5 Å². The van der Waals surface area contributed by atoms with Gasteiger partial charge in [-0.2, -0.15) is 0 Å². The molecule has 90 valence electrons. The highest BCUT2D eigenvalue weighted by Gasteiger charge is 2.38. The van der Waals surface area contributed by atoms with Gasteiger partial charge in [-0.05, 0) is 6.92 Å². The summed E-state index contributed by atoms with van der Waals surface area (Å²) in [5, 5.41) is 1.49. The summed E-state index contributed by atoms with van der Waals surface area (Å²) in [6.07, 6.45) is 1.74. The zero-order chi connectivity index (χ0) is 12.9. The first-order valence-electron chi connectivity index (χ1n) is 5.62. The molecule has 0 spiro atoms. The Kier molecular flexibility index (Phi) is 2.13. The number of fused-ring (bicyclic) bond motifs is 1. The SMILES string of the molecule is CC1=CN(C)OC1=C1C(=O)c2ccccc2C1=O. The van der Waals surface area contributed by atoms with Crippen molar-refractivity contribution < 1.29 is 14.4 Å². The Morgan fingerprint density at radius 1 is 1.06 bits per heavy atom. The van der Waals surface area contributed by atoms with Crippen LogP contribution in [0.4, 0.5) is 0 Å². The second kappa shape index (κ2) is 3.57. The highest BCUT2D eigenvalue weighted by Crippen LogP contribution is 2.33. The first kappa shape index (κ1) is 10.8. The number of ketones is 2. The fraction of sp³-hybridized carbons (Fsp3) is 0.143. The standard InChI is InChI=1S/C14H11NO3/c1-8-7-15(2)18-14(8)11-12(16)9-5-3-4-6-10(9)13(11)17/h3-7H,1-2H3. The molecule has 0 saturated carbocycles. The van der Waals surface area contributed by atoms with Crippen LogP contribution in [0.3, 0.4) is 0 Å². The summed E-state index contributed by atoms with van der Waals surface area (Å²) in [5.74, 6) is -0.147. The first-order chi connectivity index (χ1) is 8.59. The molecule has 0 saturated heterocycles. The van der Waals surface area contributed by atoms with Gasteiger partial charge in [0.15, 0.2) is 5.76 Å². The summed E-state index contributed by atoms with van der Waals surface area (Å²) in [4.78, 5) is 29.9. The van der Waals surface area contributed by atoms with Crippen molar-refractivity contribution in [2.24, 2.45) is 0 Å². The van der Waals surface area contributed by atoms with Gasteiger partial charge < -0.3 is 4.84 Å². The number of Topliss-reactive ketones (excluding diaryl/α,β-unsaturated/α-hetero) is 2. The second-order valence-electron chi connectivity index (χ2n) is 4.36. The quantitative estimate of drug-likeness (QED) is 0.515. The minimum atomic E-state index is -0.256. The van der Waals surface area contributed by atoms with E-state index >= 15 is 0 Å². The summed E-state index contributed by atoms with van der Waals surface area (Å²) in [6.45, 7) is 1.81. The molecule has 0 N–H and O–H groups in total. The molecule has 0 amide bonds. The maximum atomic E-state index is 12.2. The van der Waals surface area contributed by atoms with E-state index in [0.29, 0.717) is 16.9 Å². The molecule has 0 aromatic heterocycles. The van der Waals surface area contributed by atoms with E-state index < -0.39 is 0 Å². The maximum absolute atomic E-state index is 12.2. The Labute approximate surface area is 104 Å². The Balaban J connectivity index is 2.19. The molecule has 0 radical (unpaired) electrons. The van der Waals surface area contributed by atoms with Crippen molar-refractivity contribution in [2.75, 3.05) is 7.05 Å². The first-order valence-corrected chi connectivity index (χ1v) is 5.62. The molecule has 0 atom stereocenters. The number of carbonyl (C=O) groups is 2. The van der Waals surface area contributed by atoms with Gasteiger partial charge in [0.25, 0.3) is 0 Å². The van der Waals surface area contributed by atoms with Crippen molar-refractivity contribution in [3.63, 3.8) is 0 Å². The predicted molar refractivity (Wildman–Crippen MR) is 64.7 cm³/mol. The molecule has 2 aliphatic rings. The van der Waals surface area contributed by atoms with E-state index in [-0.39, 0.29) is 17.1 Å². The fourth-order valence-electron chi connectivity index (χ4n) is 2.27. The van der Waals surface area contributed by atoms with Gasteiger partial charge in [-0.25, -0.2) is 5.06 Å². The highest BCUT2D eigenvalue weighted by molar-refractivity contribution is 6.39. The van der Waals surface area contributed by atoms with Crippen LogP contribution in [0, 0.1) is 0 Å². The molecule has 1 aromatic carbocycles. The molecule has 4 heteroatoms. The van der Waals surface area contributed by atoms with Crippen LogP contribution in [0.25, 0.3) is 0 Å². The van der Waals surface area contributed by atoms with Gasteiger partial charge in [0.2, 0.25) is 11.6 Å². The van der Waals surface area contributed by atoms with Gasteiger partial charge in [-0.3, -0.25) is 9.59 Å². The minimum Gasteiger partial charge on any atom is -0.379 e. The van der Waals surface area contributed by atoms with Gasteiger partial charge in [0.05, 0.1) is 0 Å². The molecule has 4 nitrogen and oxygen atoms in total. The zero-order valence-corrected chi connectivity index (χ0v) is 10.1. The lowest BCUT2D eigenvalue weighted by Crippen LogP contribution is -2.10. The molecule has 1 aromatic rings. The zero-order valence-electron chi connectivity index (χ0n) is 10.1. The maximum Gasteiger partial charge on any atom is 0.201 e. The van der Waals surface area contributed by atoms with E-state index in [4.69, 9.17) is 4.84 Å². The third-order valence-electron chi connectivity index (χ3n) is 3.07.